The van der Waals surface area contributed by atoms with Crippen LogP contribution in [0.3, 0.4) is 0 Å². The molecule has 6 heteroatoms. The molecular formula is C16H18N2O3S. The Bertz CT molecular complexity index is 712. The number of nitrogen functional groups attached to an aromatic ring is 1. The molecule has 0 amide bonds. The summed E-state index contributed by atoms with van der Waals surface area (Å²) in [6.07, 6.45) is 4.08. The zero-order valence-electron chi connectivity index (χ0n) is 12.2. The highest BCUT2D eigenvalue weighted by Crippen LogP contribution is 2.23. The molecule has 0 saturated heterocycles. The van der Waals surface area contributed by atoms with Crippen molar-refractivity contribution in [3.05, 3.63) is 39.3 Å². The predicted molar refractivity (Wildman–Crippen MR) is 86.8 cm³/mol. The molecule has 22 heavy (non-hydrogen) atoms. The number of nitrogens with zero attached hydrogens (tertiary/aromatic N) is 1. The predicted octanol–water partition coefficient (Wildman–Crippen LogP) is 2.64. The van der Waals surface area contributed by atoms with Crippen molar-refractivity contribution in [2.24, 2.45) is 0 Å². The van der Waals surface area contributed by atoms with E-state index in [4.69, 9.17) is 10.5 Å². The minimum atomic E-state index is -0.343. The number of carbonyl (C=O) groups is 1. The SMILES string of the molecule is Nc1ccc(-c2csc(=O)n2CC(=O)OC2CCCC2)cc1. The molecule has 0 spiro atoms. The first-order chi connectivity index (χ1) is 10.6. The van der Waals surface area contributed by atoms with Crippen LogP contribution < -0.4 is 10.6 Å². The molecule has 1 aliphatic rings. The second kappa shape index (κ2) is 6.36. The number of benzene rings is 1. The third-order valence-electron chi connectivity index (χ3n) is 3.88. The van der Waals surface area contributed by atoms with Crippen LogP contribution in [0.5, 0.6) is 0 Å². The number of nitrogens with two attached hydrogens (primary N) is 1. The van der Waals surface area contributed by atoms with Gasteiger partial charge < -0.3 is 10.5 Å². The van der Waals surface area contributed by atoms with Gasteiger partial charge in [-0.2, -0.15) is 0 Å². The maximum Gasteiger partial charge on any atom is 0.326 e. The van der Waals surface area contributed by atoms with Crippen LogP contribution in [-0.2, 0) is 16.1 Å². The molecule has 2 aromatic rings. The van der Waals surface area contributed by atoms with Crippen LogP contribution >= 0.6 is 11.3 Å². The molecule has 2 N–H and O–H groups in total. The van der Waals surface area contributed by atoms with Crippen LogP contribution in [-0.4, -0.2) is 16.6 Å². The number of carbonyl (C=O) groups excluding carboxylic acids is 1. The number of thiazole rings is 1. The normalized spacial score (nSPS) is 15.1. The first-order valence-corrected chi connectivity index (χ1v) is 8.25. The molecule has 116 valence electrons. The average Bonchev–Trinajstić information content (AvgIpc) is 3.11. The van der Waals surface area contributed by atoms with Gasteiger partial charge in [-0.3, -0.25) is 14.2 Å². The minimum absolute atomic E-state index is 0.0156. The van der Waals surface area contributed by atoms with E-state index in [1.165, 1.54) is 4.57 Å². The van der Waals surface area contributed by atoms with Gasteiger partial charge in [0.05, 0.1) is 5.69 Å². The molecule has 1 aromatic heterocycles. The molecule has 1 aliphatic carbocycles. The fourth-order valence-corrected chi connectivity index (χ4v) is 3.48. The van der Waals surface area contributed by atoms with E-state index in [1.807, 2.05) is 12.1 Å². The molecule has 1 fully saturated rings. The highest BCUT2D eigenvalue weighted by Gasteiger charge is 2.20. The Morgan fingerprint density at radius 2 is 1.95 bits per heavy atom. The molecule has 0 atom stereocenters. The van der Waals surface area contributed by atoms with Gasteiger partial charge in [0.2, 0.25) is 0 Å². The highest BCUT2D eigenvalue weighted by molar-refractivity contribution is 7.07. The van der Waals surface area contributed by atoms with E-state index in [1.54, 1.807) is 17.5 Å². The van der Waals surface area contributed by atoms with Gasteiger partial charge in [-0.05, 0) is 43.4 Å². The summed E-state index contributed by atoms with van der Waals surface area (Å²) >= 11 is 1.08. The van der Waals surface area contributed by atoms with Crippen LogP contribution in [0.1, 0.15) is 25.7 Å². The zero-order valence-corrected chi connectivity index (χ0v) is 13.0. The number of anilines is 1. The summed E-state index contributed by atoms with van der Waals surface area (Å²) in [6.45, 7) is -0.0431. The fourth-order valence-electron chi connectivity index (χ4n) is 2.72. The maximum atomic E-state index is 12.1. The van der Waals surface area contributed by atoms with Crippen LogP contribution in [0.25, 0.3) is 11.3 Å². The summed E-state index contributed by atoms with van der Waals surface area (Å²) in [5.74, 6) is -0.343. The Balaban J connectivity index is 1.78. The van der Waals surface area contributed by atoms with E-state index < -0.39 is 0 Å². The Kier molecular flexibility index (Phi) is 4.29. The largest absolute Gasteiger partial charge is 0.461 e. The van der Waals surface area contributed by atoms with Crippen molar-refractivity contribution in [3.8, 4) is 11.3 Å². The Hall–Kier alpha value is -2.08. The molecule has 1 aromatic carbocycles. The number of hydrogen-bond acceptors (Lipinski definition) is 5. The van der Waals surface area contributed by atoms with Gasteiger partial charge in [-0.25, -0.2) is 0 Å². The lowest BCUT2D eigenvalue weighted by atomic mass is 10.1. The fraction of sp³-hybridized carbons (Fsp3) is 0.375. The van der Waals surface area contributed by atoms with Gasteiger partial charge in [0.1, 0.15) is 12.6 Å². The Morgan fingerprint density at radius 1 is 1.27 bits per heavy atom. The second-order valence-corrected chi connectivity index (χ2v) is 6.31. The summed E-state index contributed by atoms with van der Waals surface area (Å²) in [5, 5.41) is 1.76. The zero-order chi connectivity index (χ0) is 15.5. The van der Waals surface area contributed by atoms with Crippen LogP contribution in [0.2, 0.25) is 0 Å². The van der Waals surface area contributed by atoms with Gasteiger partial charge in [-0.1, -0.05) is 23.5 Å². The molecule has 0 bridgehead atoms. The Morgan fingerprint density at radius 3 is 2.64 bits per heavy atom. The first kappa shape index (κ1) is 14.8. The third kappa shape index (κ3) is 3.22. The van der Waals surface area contributed by atoms with Crippen LogP contribution in [0, 0.1) is 0 Å². The third-order valence-corrected chi connectivity index (χ3v) is 4.64. The lowest BCUT2D eigenvalue weighted by Crippen LogP contribution is -2.24. The molecular weight excluding hydrogens is 300 g/mol. The van der Waals surface area contributed by atoms with Crippen molar-refractivity contribution in [3.63, 3.8) is 0 Å². The lowest BCUT2D eigenvalue weighted by Gasteiger charge is -2.12. The summed E-state index contributed by atoms with van der Waals surface area (Å²) < 4.78 is 6.90. The van der Waals surface area contributed by atoms with E-state index in [-0.39, 0.29) is 23.5 Å². The van der Waals surface area contributed by atoms with Crippen molar-refractivity contribution in [1.82, 2.24) is 4.57 Å². The lowest BCUT2D eigenvalue weighted by molar-refractivity contribution is -0.149. The topological polar surface area (TPSA) is 74.3 Å². The van der Waals surface area contributed by atoms with Gasteiger partial charge in [0.25, 0.3) is 0 Å². The summed E-state index contributed by atoms with van der Waals surface area (Å²) in [7, 11) is 0. The highest BCUT2D eigenvalue weighted by atomic mass is 32.1. The van der Waals surface area contributed by atoms with E-state index in [0.717, 1.165) is 48.3 Å². The monoisotopic (exact) mass is 318 g/mol. The molecule has 0 radical (unpaired) electrons. The molecule has 5 nitrogen and oxygen atoms in total. The van der Waals surface area contributed by atoms with E-state index in [2.05, 4.69) is 0 Å². The number of hydrogen-bond donors (Lipinski definition) is 1. The first-order valence-electron chi connectivity index (χ1n) is 7.37. The number of esters is 1. The van der Waals surface area contributed by atoms with Gasteiger partial charge >= 0.3 is 10.8 Å². The smallest absolute Gasteiger partial charge is 0.326 e. The Labute approximate surface area is 132 Å². The minimum Gasteiger partial charge on any atom is -0.461 e. The van der Waals surface area contributed by atoms with E-state index in [9.17, 15) is 9.59 Å². The number of aromatic nitrogens is 1. The standard InChI is InChI=1S/C16H18N2O3S/c17-12-7-5-11(6-8-12)14-10-22-16(20)18(14)9-15(19)21-13-3-1-2-4-13/h5-8,10,13H,1-4,9,17H2. The molecule has 3 rings (SSSR count). The summed E-state index contributed by atoms with van der Waals surface area (Å²) in [5.41, 5.74) is 7.92. The van der Waals surface area contributed by atoms with Crippen molar-refractivity contribution < 1.29 is 9.53 Å². The average molecular weight is 318 g/mol. The van der Waals surface area contributed by atoms with Gasteiger partial charge in [0.15, 0.2) is 0 Å². The van der Waals surface area contributed by atoms with Crippen LogP contribution in [0.15, 0.2) is 34.4 Å². The van der Waals surface area contributed by atoms with E-state index in [0.29, 0.717) is 5.69 Å². The molecule has 1 heterocycles. The number of rotatable bonds is 4. The van der Waals surface area contributed by atoms with Crippen molar-refractivity contribution in [2.75, 3.05) is 5.73 Å². The summed E-state index contributed by atoms with van der Waals surface area (Å²) in [4.78, 5) is 23.9. The number of ether oxygens (including phenoxy) is 1. The van der Waals surface area contributed by atoms with Gasteiger partial charge in [-0.15, -0.1) is 0 Å². The second-order valence-electron chi connectivity index (χ2n) is 5.49. The summed E-state index contributed by atoms with van der Waals surface area (Å²) in [6, 6.07) is 7.24. The molecule has 0 unspecified atom stereocenters. The maximum absolute atomic E-state index is 12.1. The molecule has 1 saturated carbocycles. The van der Waals surface area contributed by atoms with Crippen molar-refractivity contribution in [2.45, 2.75) is 38.3 Å². The quantitative estimate of drug-likeness (QED) is 0.694. The van der Waals surface area contributed by atoms with Gasteiger partial charge in [0, 0.05) is 11.1 Å². The van der Waals surface area contributed by atoms with Crippen molar-refractivity contribution in [1.29, 1.82) is 0 Å². The van der Waals surface area contributed by atoms with Crippen molar-refractivity contribution >= 4 is 23.0 Å². The molecule has 0 aliphatic heterocycles. The van der Waals surface area contributed by atoms with E-state index >= 15 is 0 Å². The van der Waals surface area contributed by atoms with Crippen LogP contribution in [0.4, 0.5) is 5.69 Å².